The molecule has 0 aliphatic rings. The minimum Gasteiger partial charge on any atom is -0.308 e. The zero-order chi connectivity index (χ0) is 12.3. The topological polar surface area (TPSA) is 12.0 Å². The fourth-order valence-electron chi connectivity index (χ4n) is 1.57. The van der Waals surface area contributed by atoms with Gasteiger partial charge in [-0.1, -0.05) is 34.1 Å². The molecule has 1 aromatic carbocycles. The van der Waals surface area contributed by atoms with E-state index in [1.54, 1.807) is 0 Å². The van der Waals surface area contributed by atoms with Crippen molar-refractivity contribution in [2.45, 2.75) is 20.0 Å². The van der Waals surface area contributed by atoms with E-state index in [1.807, 2.05) is 17.4 Å². The SMILES string of the molecule is Cc1sc(CNCc2ccccc2Br)cc1Br. The lowest BCUT2D eigenvalue weighted by Gasteiger charge is -2.05. The zero-order valence-electron chi connectivity index (χ0n) is 9.47. The van der Waals surface area contributed by atoms with Gasteiger partial charge in [0.15, 0.2) is 0 Å². The quantitative estimate of drug-likeness (QED) is 0.804. The molecule has 0 unspecified atom stereocenters. The Morgan fingerprint density at radius 1 is 1.12 bits per heavy atom. The summed E-state index contributed by atoms with van der Waals surface area (Å²) in [6, 6.07) is 10.5. The third-order valence-electron chi connectivity index (χ3n) is 2.48. The van der Waals surface area contributed by atoms with Crippen LogP contribution in [-0.2, 0) is 13.1 Å². The van der Waals surface area contributed by atoms with E-state index in [-0.39, 0.29) is 0 Å². The number of aryl methyl sites for hydroxylation is 1. The molecule has 1 aromatic heterocycles. The maximum Gasteiger partial charge on any atom is 0.0314 e. The van der Waals surface area contributed by atoms with Crippen molar-refractivity contribution >= 4 is 43.2 Å². The maximum absolute atomic E-state index is 3.55. The van der Waals surface area contributed by atoms with Crippen LogP contribution in [0.2, 0.25) is 0 Å². The van der Waals surface area contributed by atoms with Crippen LogP contribution in [0.15, 0.2) is 39.3 Å². The largest absolute Gasteiger partial charge is 0.308 e. The predicted molar refractivity (Wildman–Crippen MR) is 81.4 cm³/mol. The van der Waals surface area contributed by atoms with Gasteiger partial charge in [0.2, 0.25) is 0 Å². The Morgan fingerprint density at radius 3 is 2.53 bits per heavy atom. The van der Waals surface area contributed by atoms with Gasteiger partial charge < -0.3 is 5.32 Å². The summed E-state index contributed by atoms with van der Waals surface area (Å²) in [5.74, 6) is 0. The molecule has 1 N–H and O–H groups in total. The molecule has 0 radical (unpaired) electrons. The molecule has 0 fully saturated rings. The number of hydrogen-bond acceptors (Lipinski definition) is 2. The summed E-state index contributed by atoms with van der Waals surface area (Å²) >= 11 is 8.93. The molecule has 0 amide bonds. The molecular formula is C13H13Br2NS. The minimum atomic E-state index is 0.885. The smallest absolute Gasteiger partial charge is 0.0314 e. The van der Waals surface area contributed by atoms with Crippen molar-refractivity contribution in [2.24, 2.45) is 0 Å². The molecule has 0 spiro atoms. The lowest BCUT2D eigenvalue weighted by molar-refractivity contribution is 0.699. The monoisotopic (exact) mass is 373 g/mol. The first-order valence-electron chi connectivity index (χ1n) is 5.36. The molecule has 17 heavy (non-hydrogen) atoms. The third kappa shape index (κ3) is 3.65. The van der Waals surface area contributed by atoms with Crippen LogP contribution in [0.25, 0.3) is 0 Å². The van der Waals surface area contributed by atoms with Crippen LogP contribution in [0, 0.1) is 6.92 Å². The number of benzene rings is 1. The van der Waals surface area contributed by atoms with E-state index in [4.69, 9.17) is 0 Å². The van der Waals surface area contributed by atoms with Crippen LogP contribution in [0.5, 0.6) is 0 Å². The maximum atomic E-state index is 3.55. The molecule has 1 nitrogen and oxygen atoms in total. The van der Waals surface area contributed by atoms with Crippen LogP contribution in [0.1, 0.15) is 15.3 Å². The van der Waals surface area contributed by atoms with Crippen molar-refractivity contribution in [3.05, 3.63) is 54.6 Å². The van der Waals surface area contributed by atoms with Crippen molar-refractivity contribution in [3.8, 4) is 0 Å². The van der Waals surface area contributed by atoms with Crippen molar-refractivity contribution in [2.75, 3.05) is 0 Å². The summed E-state index contributed by atoms with van der Waals surface area (Å²) in [5, 5.41) is 3.46. The Hall–Kier alpha value is -0.160. The molecule has 2 rings (SSSR count). The molecular weight excluding hydrogens is 362 g/mol. The van der Waals surface area contributed by atoms with Gasteiger partial charge in [-0.3, -0.25) is 0 Å². The van der Waals surface area contributed by atoms with E-state index in [2.05, 4.69) is 68.4 Å². The van der Waals surface area contributed by atoms with E-state index in [0.717, 1.165) is 17.6 Å². The third-order valence-corrected chi connectivity index (χ3v) is 5.39. The highest BCUT2D eigenvalue weighted by Gasteiger charge is 2.03. The summed E-state index contributed by atoms with van der Waals surface area (Å²) in [7, 11) is 0. The van der Waals surface area contributed by atoms with Gasteiger partial charge in [0.1, 0.15) is 0 Å². The van der Waals surface area contributed by atoms with E-state index in [9.17, 15) is 0 Å². The molecule has 0 bridgehead atoms. The van der Waals surface area contributed by atoms with Gasteiger partial charge in [0, 0.05) is 31.8 Å². The van der Waals surface area contributed by atoms with Crippen LogP contribution in [0.4, 0.5) is 0 Å². The first-order valence-corrected chi connectivity index (χ1v) is 7.76. The standard InChI is InChI=1S/C13H13Br2NS/c1-9-13(15)6-11(17-9)8-16-7-10-4-2-3-5-12(10)14/h2-6,16H,7-8H2,1H3. The summed E-state index contributed by atoms with van der Waals surface area (Å²) in [6.07, 6.45) is 0. The van der Waals surface area contributed by atoms with E-state index in [0.29, 0.717) is 0 Å². The van der Waals surface area contributed by atoms with Gasteiger partial charge in [-0.05, 0) is 40.5 Å². The fraction of sp³-hybridized carbons (Fsp3) is 0.231. The van der Waals surface area contributed by atoms with E-state index in [1.165, 1.54) is 19.8 Å². The second-order valence-electron chi connectivity index (χ2n) is 3.81. The van der Waals surface area contributed by atoms with Crippen molar-refractivity contribution in [1.82, 2.24) is 5.32 Å². The van der Waals surface area contributed by atoms with Crippen LogP contribution in [-0.4, -0.2) is 0 Å². The molecule has 1 heterocycles. The lowest BCUT2D eigenvalue weighted by Crippen LogP contribution is -2.11. The Labute approximate surface area is 123 Å². The number of thiophene rings is 1. The Balaban J connectivity index is 1.90. The molecule has 0 saturated heterocycles. The summed E-state index contributed by atoms with van der Waals surface area (Å²) in [6.45, 7) is 3.93. The molecule has 0 atom stereocenters. The van der Waals surface area contributed by atoms with Crippen LogP contribution < -0.4 is 5.32 Å². The number of rotatable bonds is 4. The fourth-order valence-corrected chi connectivity index (χ4v) is 3.56. The van der Waals surface area contributed by atoms with Crippen LogP contribution >= 0.6 is 43.2 Å². The minimum absolute atomic E-state index is 0.885. The van der Waals surface area contributed by atoms with Gasteiger partial charge in [-0.2, -0.15) is 0 Å². The molecule has 2 aromatic rings. The lowest BCUT2D eigenvalue weighted by atomic mass is 10.2. The highest BCUT2D eigenvalue weighted by Crippen LogP contribution is 2.26. The number of nitrogens with one attached hydrogen (secondary N) is 1. The number of halogens is 2. The second-order valence-corrected chi connectivity index (χ2v) is 6.86. The first kappa shape index (κ1) is 13.3. The molecule has 4 heteroatoms. The first-order chi connectivity index (χ1) is 8.16. The second kappa shape index (κ2) is 6.14. The van der Waals surface area contributed by atoms with Crippen molar-refractivity contribution in [3.63, 3.8) is 0 Å². The van der Waals surface area contributed by atoms with Crippen LogP contribution in [0.3, 0.4) is 0 Å². The number of hydrogen-bond donors (Lipinski definition) is 1. The molecule has 0 aliphatic heterocycles. The Kier molecular flexibility index (Phi) is 4.79. The van der Waals surface area contributed by atoms with E-state index >= 15 is 0 Å². The van der Waals surface area contributed by atoms with Gasteiger partial charge in [-0.25, -0.2) is 0 Å². The Morgan fingerprint density at radius 2 is 1.88 bits per heavy atom. The highest BCUT2D eigenvalue weighted by atomic mass is 79.9. The summed E-state index contributed by atoms with van der Waals surface area (Å²) < 4.78 is 2.37. The molecule has 90 valence electrons. The van der Waals surface area contributed by atoms with Gasteiger partial charge in [-0.15, -0.1) is 11.3 Å². The summed E-state index contributed by atoms with van der Waals surface area (Å²) in [5.41, 5.74) is 1.29. The van der Waals surface area contributed by atoms with Gasteiger partial charge in [0.25, 0.3) is 0 Å². The average molecular weight is 375 g/mol. The highest BCUT2D eigenvalue weighted by molar-refractivity contribution is 9.10. The predicted octanol–water partition coefficient (Wildman–Crippen LogP) is 4.87. The summed E-state index contributed by atoms with van der Waals surface area (Å²) in [4.78, 5) is 2.70. The van der Waals surface area contributed by atoms with Gasteiger partial charge in [0.05, 0.1) is 0 Å². The Bertz CT molecular complexity index is 488. The van der Waals surface area contributed by atoms with E-state index < -0.39 is 0 Å². The molecule has 0 saturated carbocycles. The zero-order valence-corrected chi connectivity index (χ0v) is 13.5. The van der Waals surface area contributed by atoms with Crippen molar-refractivity contribution in [1.29, 1.82) is 0 Å². The average Bonchev–Trinajstić information content (AvgIpc) is 2.61. The molecule has 0 aliphatic carbocycles. The van der Waals surface area contributed by atoms with Gasteiger partial charge >= 0.3 is 0 Å². The van der Waals surface area contributed by atoms with Crippen molar-refractivity contribution < 1.29 is 0 Å². The normalized spacial score (nSPS) is 10.8.